The molecule has 0 aliphatic carbocycles. The van der Waals surface area contributed by atoms with Gasteiger partial charge in [-0.05, 0) is 23.3 Å². The number of amides is 3. The van der Waals surface area contributed by atoms with E-state index in [-0.39, 0.29) is 18.9 Å². The third-order valence-electron chi connectivity index (χ3n) is 3.80. The molecule has 0 fully saturated rings. The van der Waals surface area contributed by atoms with Crippen molar-refractivity contribution in [3.05, 3.63) is 71.5 Å². The monoisotopic (exact) mass is 387 g/mol. The maximum atomic E-state index is 12.9. The van der Waals surface area contributed by atoms with E-state index < -0.39 is 24.5 Å². The Labute approximate surface area is 162 Å². The number of nitrogens with zero attached hydrogens (tertiary/aromatic N) is 1. The Morgan fingerprint density at radius 2 is 1.64 bits per heavy atom. The highest BCUT2D eigenvalue weighted by molar-refractivity contribution is 5.83. The van der Waals surface area contributed by atoms with Crippen LogP contribution >= 0.6 is 0 Å². The van der Waals surface area contributed by atoms with Gasteiger partial charge < -0.3 is 20.3 Å². The maximum Gasteiger partial charge on any atom is 0.325 e. The number of halogens is 1. The van der Waals surface area contributed by atoms with Crippen LogP contribution in [0.3, 0.4) is 0 Å². The van der Waals surface area contributed by atoms with Crippen molar-refractivity contribution in [3.8, 4) is 0 Å². The van der Waals surface area contributed by atoms with Crippen molar-refractivity contribution < 1.29 is 23.5 Å². The van der Waals surface area contributed by atoms with E-state index in [0.717, 1.165) is 11.1 Å². The third-order valence-corrected chi connectivity index (χ3v) is 3.80. The van der Waals surface area contributed by atoms with E-state index in [9.17, 15) is 18.8 Å². The molecule has 0 heterocycles. The Morgan fingerprint density at radius 1 is 0.964 bits per heavy atom. The van der Waals surface area contributed by atoms with Gasteiger partial charge in [-0.1, -0.05) is 42.5 Å². The zero-order valence-corrected chi connectivity index (χ0v) is 15.5. The minimum atomic E-state index is -0.724. The highest BCUT2D eigenvalue weighted by atomic mass is 19.1. The van der Waals surface area contributed by atoms with Crippen molar-refractivity contribution in [3.63, 3.8) is 0 Å². The number of likely N-dealkylation sites (N-methyl/N-ethyl adjacent to an activating group) is 1. The summed E-state index contributed by atoms with van der Waals surface area (Å²) in [6, 6.07) is 14.6. The molecule has 0 aliphatic rings. The molecular formula is C20H22FN3O4. The SMILES string of the molecule is CN(Cc1ccc(F)cc1)C(=O)COC(=O)CNC(=O)NCc1ccccc1. The van der Waals surface area contributed by atoms with Crippen LogP contribution in [0.25, 0.3) is 0 Å². The first-order chi connectivity index (χ1) is 13.4. The smallest absolute Gasteiger partial charge is 0.325 e. The van der Waals surface area contributed by atoms with Crippen LogP contribution in [0.2, 0.25) is 0 Å². The second kappa shape index (κ2) is 10.7. The molecule has 0 spiro atoms. The van der Waals surface area contributed by atoms with Gasteiger partial charge in [0.2, 0.25) is 0 Å². The van der Waals surface area contributed by atoms with Crippen LogP contribution < -0.4 is 10.6 Å². The molecule has 28 heavy (non-hydrogen) atoms. The van der Waals surface area contributed by atoms with Crippen molar-refractivity contribution in [1.29, 1.82) is 0 Å². The number of carbonyl (C=O) groups is 3. The normalized spacial score (nSPS) is 10.1. The first-order valence-corrected chi connectivity index (χ1v) is 8.63. The number of nitrogens with one attached hydrogen (secondary N) is 2. The van der Waals surface area contributed by atoms with Crippen LogP contribution in [0.5, 0.6) is 0 Å². The molecule has 2 N–H and O–H groups in total. The van der Waals surface area contributed by atoms with E-state index in [1.54, 1.807) is 19.2 Å². The van der Waals surface area contributed by atoms with E-state index >= 15 is 0 Å². The second-order valence-corrected chi connectivity index (χ2v) is 6.06. The minimum absolute atomic E-state index is 0.261. The van der Waals surface area contributed by atoms with Gasteiger partial charge in [-0.2, -0.15) is 0 Å². The molecule has 7 nitrogen and oxygen atoms in total. The topological polar surface area (TPSA) is 87.7 Å². The molecule has 0 radical (unpaired) electrons. The fraction of sp³-hybridized carbons (Fsp3) is 0.250. The predicted molar refractivity (Wildman–Crippen MR) is 101 cm³/mol. The Hall–Kier alpha value is -3.42. The van der Waals surface area contributed by atoms with Gasteiger partial charge in [0.1, 0.15) is 12.4 Å². The molecule has 8 heteroatoms. The van der Waals surface area contributed by atoms with Gasteiger partial charge in [0.15, 0.2) is 6.61 Å². The summed E-state index contributed by atoms with van der Waals surface area (Å²) in [6.07, 6.45) is 0. The largest absolute Gasteiger partial charge is 0.454 e. The van der Waals surface area contributed by atoms with Gasteiger partial charge in [0, 0.05) is 20.1 Å². The number of hydrogen-bond acceptors (Lipinski definition) is 4. The molecule has 2 aromatic carbocycles. The lowest BCUT2D eigenvalue weighted by molar-refractivity contribution is -0.150. The molecule has 3 amide bonds. The molecule has 148 valence electrons. The standard InChI is InChI=1S/C20H22FN3O4/c1-24(13-16-7-9-17(21)10-8-16)18(25)14-28-19(26)12-23-20(27)22-11-15-5-3-2-4-6-15/h2-10H,11-14H2,1H3,(H2,22,23,27). The highest BCUT2D eigenvalue weighted by Gasteiger charge is 2.13. The lowest BCUT2D eigenvalue weighted by Crippen LogP contribution is -2.39. The zero-order valence-electron chi connectivity index (χ0n) is 15.5. The quantitative estimate of drug-likeness (QED) is 0.677. The Kier molecular flexibility index (Phi) is 7.95. The van der Waals surface area contributed by atoms with E-state index in [1.165, 1.54) is 17.0 Å². The number of benzene rings is 2. The van der Waals surface area contributed by atoms with Crippen molar-refractivity contribution in [2.45, 2.75) is 13.1 Å². The Balaban J connectivity index is 1.63. The molecule has 0 unspecified atom stereocenters. The van der Waals surface area contributed by atoms with Crippen LogP contribution in [0.4, 0.5) is 9.18 Å². The number of esters is 1. The van der Waals surface area contributed by atoms with Crippen LogP contribution in [0, 0.1) is 5.82 Å². The molecule has 2 aromatic rings. The molecule has 0 bridgehead atoms. The van der Waals surface area contributed by atoms with Crippen molar-refractivity contribution >= 4 is 17.9 Å². The predicted octanol–water partition coefficient (Wildman–Crippen LogP) is 1.83. The van der Waals surface area contributed by atoms with Crippen molar-refractivity contribution in [1.82, 2.24) is 15.5 Å². The summed E-state index contributed by atoms with van der Waals surface area (Å²) < 4.78 is 17.7. The molecule has 0 saturated heterocycles. The molecule has 0 atom stereocenters. The van der Waals surface area contributed by atoms with Crippen LogP contribution in [-0.2, 0) is 27.4 Å². The molecular weight excluding hydrogens is 365 g/mol. The zero-order chi connectivity index (χ0) is 20.4. The van der Waals surface area contributed by atoms with Gasteiger partial charge in [-0.3, -0.25) is 9.59 Å². The molecule has 0 saturated carbocycles. The van der Waals surface area contributed by atoms with Crippen LogP contribution in [0.1, 0.15) is 11.1 Å². The fourth-order valence-electron chi connectivity index (χ4n) is 2.25. The van der Waals surface area contributed by atoms with Crippen LogP contribution in [-0.4, -0.2) is 43.0 Å². The molecule has 0 aliphatic heterocycles. The van der Waals surface area contributed by atoms with Crippen LogP contribution in [0.15, 0.2) is 54.6 Å². The second-order valence-electron chi connectivity index (χ2n) is 6.06. The first-order valence-electron chi connectivity index (χ1n) is 8.63. The first kappa shape index (κ1) is 20.9. The average Bonchev–Trinajstić information content (AvgIpc) is 2.71. The summed E-state index contributed by atoms with van der Waals surface area (Å²) in [6.45, 7) is -0.204. The number of rotatable bonds is 8. The number of ether oxygens (including phenoxy) is 1. The summed E-state index contributed by atoms with van der Waals surface area (Å²) in [5.41, 5.74) is 1.68. The maximum absolute atomic E-state index is 12.9. The summed E-state index contributed by atoms with van der Waals surface area (Å²) in [7, 11) is 1.55. The number of urea groups is 1. The van der Waals surface area contributed by atoms with Gasteiger partial charge in [-0.25, -0.2) is 9.18 Å². The van der Waals surface area contributed by atoms with Crippen molar-refractivity contribution in [2.24, 2.45) is 0 Å². The van der Waals surface area contributed by atoms with E-state index in [4.69, 9.17) is 4.74 Å². The highest BCUT2D eigenvalue weighted by Crippen LogP contribution is 2.05. The van der Waals surface area contributed by atoms with Crippen molar-refractivity contribution in [2.75, 3.05) is 20.2 Å². The average molecular weight is 387 g/mol. The van der Waals surface area contributed by atoms with E-state index in [0.29, 0.717) is 6.54 Å². The van der Waals surface area contributed by atoms with Gasteiger partial charge in [0.05, 0.1) is 0 Å². The summed E-state index contributed by atoms with van der Waals surface area (Å²) in [5.74, 6) is -1.49. The summed E-state index contributed by atoms with van der Waals surface area (Å²) >= 11 is 0. The van der Waals surface area contributed by atoms with Gasteiger partial charge in [-0.15, -0.1) is 0 Å². The van der Waals surface area contributed by atoms with Gasteiger partial charge >= 0.3 is 12.0 Å². The summed E-state index contributed by atoms with van der Waals surface area (Å²) in [5, 5.41) is 4.97. The number of carbonyl (C=O) groups excluding carboxylic acids is 3. The van der Waals surface area contributed by atoms with E-state index in [2.05, 4.69) is 10.6 Å². The third kappa shape index (κ3) is 7.45. The fourth-order valence-corrected chi connectivity index (χ4v) is 2.25. The molecule has 0 aromatic heterocycles. The number of hydrogen-bond donors (Lipinski definition) is 2. The minimum Gasteiger partial charge on any atom is -0.454 e. The Bertz CT molecular complexity index is 797. The summed E-state index contributed by atoms with van der Waals surface area (Å²) in [4.78, 5) is 36.7. The lowest BCUT2D eigenvalue weighted by atomic mass is 10.2. The van der Waals surface area contributed by atoms with Gasteiger partial charge in [0.25, 0.3) is 5.91 Å². The molecule has 2 rings (SSSR count). The van der Waals surface area contributed by atoms with E-state index in [1.807, 2.05) is 30.3 Å². The Morgan fingerprint density at radius 3 is 2.32 bits per heavy atom. The lowest BCUT2D eigenvalue weighted by Gasteiger charge is -2.17.